The summed E-state index contributed by atoms with van der Waals surface area (Å²) in [6.45, 7) is 2.20. The fraction of sp³-hybridized carbons (Fsp3) is 1.00. The van der Waals surface area contributed by atoms with Gasteiger partial charge in [0.1, 0.15) is 0 Å². The highest BCUT2D eigenvalue weighted by Gasteiger charge is 2.36. The molecule has 0 spiro atoms. The van der Waals surface area contributed by atoms with Crippen LogP contribution in [0.4, 0.5) is 0 Å². The van der Waals surface area contributed by atoms with Crippen LogP contribution in [0.15, 0.2) is 0 Å². The SMILES string of the molecule is CC[C@@H](O)[C@@H]1NC[C@H](O)[C@H]1O. The van der Waals surface area contributed by atoms with E-state index >= 15 is 0 Å². The van der Waals surface area contributed by atoms with E-state index in [-0.39, 0.29) is 6.04 Å². The van der Waals surface area contributed by atoms with Crippen LogP contribution in [0.1, 0.15) is 13.3 Å². The van der Waals surface area contributed by atoms with Gasteiger partial charge < -0.3 is 20.6 Å². The lowest BCUT2D eigenvalue weighted by molar-refractivity contribution is 0.00598. The van der Waals surface area contributed by atoms with E-state index in [2.05, 4.69) is 5.32 Å². The maximum absolute atomic E-state index is 9.31. The average molecular weight is 161 g/mol. The largest absolute Gasteiger partial charge is 0.391 e. The minimum atomic E-state index is -0.829. The van der Waals surface area contributed by atoms with Crippen LogP contribution in [0.2, 0.25) is 0 Å². The minimum absolute atomic E-state index is 0.364. The van der Waals surface area contributed by atoms with Crippen molar-refractivity contribution in [2.45, 2.75) is 37.7 Å². The first-order valence-electron chi connectivity index (χ1n) is 3.94. The smallest absolute Gasteiger partial charge is 0.0989 e. The number of nitrogens with one attached hydrogen (secondary N) is 1. The van der Waals surface area contributed by atoms with Crippen molar-refractivity contribution in [2.75, 3.05) is 6.54 Å². The number of aliphatic hydroxyl groups excluding tert-OH is 3. The molecule has 1 aliphatic rings. The zero-order valence-corrected chi connectivity index (χ0v) is 6.57. The standard InChI is InChI=1S/C7H15NO3/c1-2-4(9)6-7(11)5(10)3-8-6/h4-11H,2-3H2,1H3/t4-,5+,6+,7-/m1/s1. The van der Waals surface area contributed by atoms with Crippen LogP contribution in [-0.4, -0.2) is 46.2 Å². The van der Waals surface area contributed by atoms with Gasteiger partial charge in [0, 0.05) is 6.54 Å². The van der Waals surface area contributed by atoms with Gasteiger partial charge in [-0.05, 0) is 6.42 Å². The molecule has 1 aliphatic heterocycles. The Kier molecular flexibility index (Phi) is 2.84. The molecule has 0 aromatic carbocycles. The summed E-state index contributed by atoms with van der Waals surface area (Å²) >= 11 is 0. The van der Waals surface area contributed by atoms with E-state index in [0.717, 1.165) is 0 Å². The summed E-state index contributed by atoms with van der Waals surface area (Å²) in [7, 11) is 0. The molecule has 0 bridgehead atoms. The molecular weight excluding hydrogens is 146 g/mol. The number of rotatable bonds is 2. The zero-order chi connectivity index (χ0) is 8.43. The molecule has 0 saturated carbocycles. The van der Waals surface area contributed by atoms with Gasteiger partial charge in [0.2, 0.25) is 0 Å². The third-order valence-electron chi connectivity index (χ3n) is 2.16. The maximum Gasteiger partial charge on any atom is 0.0989 e. The Morgan fingerprint density at radius 1 is 1.55 bits per heavy atom. The molecular formula is C7H15NO3. The van der Waals surface area contributed by atoms with Crippen LogP contribution in [0.5, 0.6) is 0 Å². The number of hydrogen-bond donors (Lipinski definition) is 4. The highest BCUT2D eigenvalue weighted by molar-refractivity contribution is 4.93. The van der Waals surface area contributed by atoms with Crippen LogP contribution in [0, 0.1) is 0 Å². The van der Waals surface area contributed by atoms with Crippen molar-refractivity contribution in [3.8, 4) is 0 Å². The Balaban J connectivity index is 2.47. The van der Waals surface area contributed by atoms with Crippen molar-refractivity contribution in [2.24, 2.45) is 0 Å². The van der Waals surface area contributed by atoms with E-state index in [1.54, 1.807) is 0 Å². The highest BCUT2D eigenvalue weighted by atomic mass is 16.3. The summed E-state index contributed by atoms with van der Waals surface area (Å²) in [5.74, 6) is 0. The van der Waals surface area contributed by atoms with Crippen molar-refractivity contribution in [3.05, 3.63) is 0 Å². The fourth-order valence-corrected chi connectivity index (χ4v) is 1.36. The number of hydrogen-bond acceptors (Lipinski definition) is 4. The van der Waals surface area contributed by atoms with Gasteiger partial charge in [-0.15, -0.1) is 0 Å². The van der Waals surface area contributed by atoms with E-state index < -0.39 is 18.3 Å². The van der Waals surface area contributed by atoms with Crippen molar-refractivity contribution < 1.29 is 15.3 Å². The zero-order valence-electron chi connectivity index (χ0n) is 6.57. The predicted octanol–water partition coefficient (Wildman–Crippen LogP) is -1.55. The molecule has 4 atom stereocenters. The lowest BCUT2D eigenvalue weighted by atomic mass is 10.0. The predicted molar refractivity (Wildman–Crippen MR) is 40.1 cm³/mol. The Bertz CT molecular complexity index is 131. The topological polar surface area (TPSA) is 72.7 Å². The quantitative estimate of drug-likeness (QED) is 0.396. The lowest BCUT2D eigenvalue weighted by Crippen LogP contribution is -2.42. The molecule has 0 radical (unpaired) electrons. The van der Waals surface area contributed by atoms with Gasteiger partial charge in [0.05, 0.1) is 24.4 Å². The van der Waals surface area contributed by atoms with E-state index in [9.17, 15) is 10.2 Å². The van der Waals surface area contributed by atoms with Gasteiger partial charge in [-0.25, -0.2) is 0 Å². The first-order chi connectivity index (χ1) is 5.16. The van der Waals surface area contributed by atoms with Crippen LogP contribution in [0.25, 0.3) is 0 Å². The molecule has 1 saturated heterocycles. The summed E-state index contributed by atoms with van der Waals surface area (Å²) in [6.07, 6.45) is -1.55. The molecule has 1 rings (SSSR count). The van der Waals surface area contributed by atoms with Crippen LogP contribution in [-0.2, 0) is 0 Å². The molecule has 11 heavy (non-hydrogen) atoms. The Labute approximate surface area is 65.9 Å². The average Bonchev–Trinajstić information content (AvgIpc) is 2.32. The Morgan fingerprint density at radius 2 is 2.18 bits per heavy atom. The van der Waals surface area contributed by atoms with Crippen molar-refractivity contribution in [3.63, 3.8) is 0 Å². The highest BCUT2D eigenvalue weighted by Crippen LogP contribution is 2.12. The van der Waals surface area contributed by atoms with E-state index in [1.165, 1.54) is 0 Å². The second-order valence-corrected chi connectivity index (χ2v) is 2.97. The van der Waals surface area contributed by atoms with Crippen LogP contribution >= 0.6 is 0 Å². The second kappa shape index (κ2) is 3.49. The Hall–Kier alpha value is -0.160. The van der Waals surface area contributed by atoms with Crippen LogP contribution < -0.4 is 5.32 Å². The first kappa shape index (κ1) is 8.93. The summed E-state index contributed by atoms with van der Waals surface area (Å²) in [6, 6.07) is -0.366. The third-order valence-corrected chi connectivity index (χ3v) is 2.16. The van der Waals surface area contributed by atoms with Crippen molar-refractivity contribution in [1.82, 2.24) is 5.32 Å². The van der Waals surface area contributed by atoms with E-state index in [1.807, 2.05) is 6.92 Å². The monoisotopic (exact) mass is 161 g/mol. The fourth-order valence-electron chi connectivity index (χ4n) is 1.36. The molecule has 0 aromatic rings. The van der Waals surface area contributed by atoms with Crippen molar-refractivity contribution in [1.29, 1.82) is 0 Å². The summed E-state index contributed by atoms with van der Waals surface area (Å²) in [5, 5.41) is 30.5. The first-order valence-corrected chi connectivity index (χ1v) is 3.94. The minimum Gasteiger partial charge on any atom is -0.391 e. The lowest BCUT2D eigenvalue weighted by Gasteiger charge is -2.20. The molecule has 0 amide bonds. The molecule has 4 nitrogen and oxygen atoms in total. The third kappa shape index (κ3) is 1.70. The number of aliphatic hydroxyl groups is 3. The van der Waals surface area contributed by atoms with Gasteiger partial charge in [-0.3, -0.25) is 0 Å². The summed E-state index contributed by atoms with van der Waals surface area (Å²) in [5.41, 5.74) is 0. The Morgan fingerprint density at radius 3 is 2.55 bits per heavy atom. The second-order valence-electron chi connectivity index (χ2n) is 2.97. The van der Waals surface area contributed by atoms with Gasteiger partial charge in [0.15, 0.2) is 0 Å². The molecule has 4 N–H and O–H groups in total. The van der Waals surface area contributed by atoms with Crippen molar-refractivity contribution >= 4 is 0 Å². The van der Waals surface area contributed by atoms with E-state index in [4.69, 9.17) is 5.11 Å². The molecule has 66 valence electrons. The maximum atomic E-state index is 9.31. The normalized spacial score (nSPS) is 40.9. The molecule has 0 aliphatic carbocycles. The van der Waals surface area contributed by atoms with Gasteiger partial charge >= 0.3 is 0 Å². The summed E-state index contributed by atoms with van der Waals surface area (Å²) in [4.78, 5) is 0. The van der Waals surface area contributed by atoms with Gasteiger partial charge in [-0.2, -0.15) is 0 Å². The number of β-amino-alcohol motifs (C(OH)–C–C–N with tert-alkyl or cyclic N) is 1. The van der Waals surface area contributed by atoms with Crippen LogP contribution in [0.3, 0.4) is 0 Å². The molecule has 0 unspecified atom stereocenters. The molecule has 1 fully saturated rings. The summed E-state index contributed by atoms with van der Waals surface area (Å²) < 4.78 is 0. The molecule has 0 aromatic heterocycles. The van der Waals surface area contributed by atoms with E-state index in [0.29, 0.717) is 13.0 Å². The van der Waals surface area contributed by atoms with Gasteiger partial charge in [-0.1, -0.05) is 6.92 Å². The van der Waals surface area contributed by atoms with Gasteiger partial charge in [0.25, 0.3) is 0 Å². The molecule has 1 heterocycles. The molecule has 4 heteroatoms.